The van der Waals surface area contributed by atoms with Crippen molar-refractivity contribution in [1.82, 2.24) is 0 Å². The molecule has 0 saturated heterocycles. The summed E-state index contributed by atoms with van der Waals surface area (Å²) in [5.41, 5.74) is 0.537. The van der Waals surface area contributed by atoms with Gasteiger partial charge in [-0.1, -0.05) is 0 Å². The standard InChI is InChI=1S/C17H18INO4/c1-11(23-13-6-4-12(18)5-7-13)17(20)19-15-10-14(21-2)8-9-16(15)22-3/h4-11H,1-3H3,(H,19,20). The van der Waals surface area contributed by atoms with Crippen LogP contribution >= 0.6 is 22.6 Å². The molecular formula is C17H18INO4. The fourth-order valence-electron chi connectivity index (χ4n) is 1.92. The average Bonchev–Trinajstić information content (AvgIpc) is 2.56. The molecule has 0 heterocycles. The van der Waals surface area contributed by atoms with E-state index in [1.54, 1.807) is 39.3 Å². The third-order valence-corrected chi connectivity index (χ3v) is 3.88. The van der Waals surface area contributed by atoms with Gasteiger partial charge in [0.2, 0.25) is 0 Å². The quantitative estimate of drug-likeness (QED) is 0.715. The summed E-state index contributed by atoms with van der Waals surface area (Å²) < 4.78 is 17.2. The van der Waals surface area contributed by atoms with Gasteiger partial charge in [0.25, 0.3) is 5.91 Å². The first kappa shape index (κ1) is 17.4. The van der Waals surface area contributed by atoms with E-state index in [1.165, 1.54) is 0 Å². The molecule has 23 heavy (non-hydrogen) atoms. The van der Waals surface area contributed by atoms with Crippen molar-refractivity contribution in [3.8, 4) is 17.2 Å². The van der Waals surface area contributed by atoms with E-state index in [4.69, 9.17) is 14.2 Å². The van der Waals surface area contributed by atoms with Crippen molar-refractivity contribution < 1.29 is 19.0 Å². The lowest BCUT2D eigenvalue weighted by molar-refractivity contribution is -0.122. The Balaban J connectivity index is 2.07. The van der Waals surface area contributed by atoms with Gasteiger partial charge in [-0.25, -0.2) is 0 Å². The number of carbonyl (C=O) groups excluding carboxylic acids is 1. The van der Waals surface area contributed by atoms with Crippen LogP contribution in [0.25, 0.3) is 0 Å². The van der Waals surface area contributed by atoms with Gasteiger partial charge in [-0.2, -0.15) is 0 Å². The molecule has 0 spiro atoms. The summed E-state index contributed by atoms with van der Waals surface area (Å²) in [6.45, 7) is 1.69. The van der Waals surface area contributed by atoms with Crippen LogP contribution in [0.2, 0.25) is 0 Å². The van der Waals surface area contributed by atoms with Crippen LogP contribution in [-0.2, 0) is 4.79 Å². The fraction of sp³-hybridized carbons (Fsp3) is 0.235. The Morgan fingerprint density at radius 2 is 1.70 bits per heavy atom. The second-order valence-electron chi connectivity index (χ2n) is 4.77. The molecule has 1 amide bonds. The molecule has 0 fully saturated rings. The highest BCUT2D eigenvalue weighted by molar-refractivity contribution is 14.1. The van der Waals surface area contributed by atoms with E-state index in [1.807, 2.05) is 24.3 Å². The molecule has 5 nitrogen and oxygen atoms in total. The number of benzene rings is 2. The molecule has 0 bridgehead atoms. The minimum atomic E-state index is -0.647. The molecule has 0 aromatic heterocycles. The SMILES string of the molecule is COc1ccc(OC)c(NC(=O)C(C)Oc2ccc(I)cc2)c1. The molecular weight excluding hydrogens is 409 g/mol. The van der Waals surface area contributed by atoms with Crippen LogP contribution in [0.5, 0.6) is 17.2 Å². The molecule has 0 radical (unpaired) electrons. The van der Waals surface area contributed by atoms with E-state index in [9.17, 15) is 4.79 Å². The van der Waals surface area contributed by atoms with E-state index >= 15 is 0 Å². The van der Waals surface area contributed by atoms with E-state index in [-0.39, 0.29) is 5.91 Å². The van der Waals surface area contributed by atoms with Gasteiger partial charge in [0.15, 0.2) is 6.10 Å². The largest absolute Gasteiger partial charge is 0.497 e. The number of anilines is 1. The third-order valence-electron chi connectivity index (χ3n) is 3.16. The van der Waals surface area contributed by atoms with Crippen molar-refractivity contribution in [2.45, 2.75) is 13.0 Å². The first-order valence-electron chi connectivity index (χ1n) is 6.98. The van der Waals surface area contributed by atoms with Gasteiger partial charge < -0.3 is 19.5 Å². The van der Waals surface area contributed by atoms with Crippen molar-refractivity contribution in [1.29, 1.82) is 0 Å². The predicted molar refractivity (Wildman–Crippen MR) is 97.4 cm³/mol. The predicted octanol–water partition coefficient (Wildman–Crippen LogP) is 3.71. The number of carbonyl (C=O) groups is 1. The van der Waals surface area contributed by atoms with E-state index in [0.717, 1.165) is 3.57 Å². The highest BCUT2D eigenvalue weighted by Gasteiger charge is 2.17. The molecule has 2 aromatic rings. The van der Waals surface area contributed by atoms with Crippen LogP contribution in [0.15, 0.2) is 42.5 Å². The van der Waals surface area contributed by atoms with Gasteiger partial charge in [-0.15, -0.1) is 0 Å². The molecule has 1 unspecified atom stereocenters. The molecule has 1 N–H and O–H groups in total. The zero-order valence-corrected chi connectivity index (χ0v) is 15.3. The number of hydrogen-bond donors (Lipinski definition) is 1. The van der Waals surface area contributed by atoms with Crippen molar-refractivity contribution in [2.75, 3.05) is 19.5 Å². The normalized spacial score (nSPS) is 11.5. The summed E-state index contributed by atoms with van der Waals surface area (Å²) in [5, 5.41) is 2.80. The number of hydrogen-bond acceptors (Lipinski definition) is 4. The van der Waals surface area contributed by atoms with Crippen molar-refractivity contribution >= 4 is 34.2 Å². The Hall–Kier alpha value is -1.96. The fourth-order valence-corrected chi connectivity index (χ4v) is 2.28. The second kappa shape index (κ2) is 8.05. The number of halogens is 1. The third kappa shape index (κ3) is 4.75. The van der Waals surface area contributed by atoms with Gasteiger partial charge in [0.1, 0.15) is 17.2 Å². The first-order valence-corrected chi connectivity index (χ1v) is 8.06. The maximum Gasteiger partial charge on any atom is 0.265 e. The van der Waals surface area contributed by atoms with Gasteiger partial charge >= 0.3 is 0 Å². The zero-order chi connectivity index (χ0) is 16.8. The molecule has 122 valence electrons. The average molecular weight is 427 g/mol. The molecule has 2 rings (SSSR count). The maximum atomic E-state index is 12.3. The molecule has 0 aliphatic carbocycles. The molecule has 0 saturated carbocycles. The van der Waals surface area contributed by atoms with Crippen molar-refractivity contribution in [3.63, 3.8) is 0 Å². The molecule has 0 aliphatic heterocycles. The lowest BCUT2D eigenvalue weighted by atomic mass is 10.2. The lowest BCUT2D eigenvalue weighted by Gasteiger charge is -2.16. The summed E-state index contributed by atoms with van der Waals surface area (Å²) in [6, 6.07) is 12.7. The minimum Gasteiger partial charge on any atom is -0.497 e. The summed E-state index contributed by atoms with van der Waals surface area (Å²) in [6.07, 6.45) is -0.647. The highest BCUT2D eigenvalue weighted by atomic mass is 127. The zero-order valence-electron chi connectivity index (χ0n) is 13.1. The molecule has 1 atom stereocenters. The Morgan fingerprint density at radius 1 is 1.04 bits per heavy atom. The van der Waals surface area contributed by atoms with Crippen LogP contribution in [-0.4, -0.2) is 26.2 Å². The number of methoxy groups -OCH3 is 2. The van der Waals surface area contributed by atoms with Gasteiger partial charge in [0.05, 0.1) is 19.9 Å². The Bertz CT molecular complexity index is 673. The summed E-state index contributed by atoms with van der Waals surface area (Å²) in [4.78, 5) is 12.3. The van der Waals surface area contributed by atoms with Crippen LogP contribution in [0, 0.1) is 3.57 Å². The van der Waals surface area contributed by atoms with Gasteiger partial charge in [0, 0.05) is 9.64 Å². The Labute approximate surface area is 149 Å². The number of nitrogens with one attached hydrogen (secondary N) is 1. The lowest BCUT2D eigenvalue weighted by Crippen LogP contribution is -2.30. The van der Waals surface area contributed by atoms with Gasteiger partial charge in [-0.3, -0.25) is 4.79 Å². The van der Waals surface area contributed by atoms with Crippen molar-refractivity contribution in [2.24, 2.45) is 0 Å². The highest BCUT2D eigenvalue weighted by Crippen LogP contribution is 2.29. The molecule has 6 heteroatoms. The number of amides is 1. The smallest absolute Gasteiger partial charge is 0.265 e. The molecule has 2 aromatic carbocycles. The van der Waals surface area contributed by atoms with Gasteiger partial charge in [-0.05, 0) is 65.9 Å². The Kier molecular flexibility index (Phi) is 6.09. The van der Waals surface area contributed by atoms with Crippen LogP contribution in [0.3, 0.4) is 0 Å². The number of ether oxygens (including phenoxy) is 3. The Morgan fingerprint density at radius 3 is 2.30 bits per heavy atom. The summed E-state index contributed by atoms with van der Waals surface area (Å²) in [7, 11) is 3.11. The summed E-state index contributed by atoms with van der Waals surface area (Å²) >= 11 is 2.21. The number of rotatable bonds is 6. The molecule has 0 aliphatic rings. The second-order valence-corrected chi connectivity index (χ2v) is 6.02. The van der Waals surface area contributed by atoms with Crippen LogP contribution in [0.4, 0.5) is 5.69 Å². The van der Waals surface area contributed by atoms with E-state index in [2.05, 4.69) is 27.9 Å². The monoisotopic (exact) mass is 427 g/mol. The minimum absolute atomic E-state index is 0.268. The van der Waals surface area contributed by atoms with Crippen LogP contribution < -0.4 is 19.5 Å². The van der Waals surface area contributed by atoms with Crippen LogP contribution in [0.1, 0.15) is 6.92 Å². The van der Waals surface area contributed by atoms with Crippen molar-refractivity contribution in [3.05, 3.63) is 46.0 Å². The maximum absolute atomic E-state index is 12.3. The summed E-state index contributed by atoms with van der Waals surface area (Å²) in [5.74, 6) is 1.56. The first-order chi connectivity index (χ1) is 11.0. The topological polar surface area (TPSA) is 56.8 Å². The van der Waals surface area contributed by atoms with E-state index < -0.39 is 6.10 Å². The van der Waals surface area contributed by atoms with E-state index in [0.29, 0.717) is 22.9 Å².